The quantitative estimate of drug-likeness (QED) is 0.289. The van der Waals surface area contributed by atoms with Crippen molar-refractivity contribution in [3.63, 3.8) is 0 Å². The number of carbonyl (C=O) groups is 1. The molecule has 0 radical (unpaired) electrons. The highest BCUT2D eigenvalue weighted by Crippen LogP contribution is 2.22. The van der Waals surface area contributed by atoms with Crippen LogP contribution in [0.3, 0.4) is 0 Å². The van der Waals surface area contributed by atoms with E-state index < -0.39 is 0 Å². The third-order valence-corrected chi connectivity index (χ3v) is 6.32. The lowest BCUT2D eigenvalue weighted by Crippen LogP contribution is -2.48. The lowest BCUT2D eigenvalue weighted by atomic mass is 9.96. The Hall–Kier alpha value is -1.35. The van der Waals surface area contributed by atoms with E-state index in [9.17, 15) is 4.79 Å². The predicted molar refractivity (Wildman–Crippen MR) is 136 cm³/mol. The fraction of sp³-hybridized carbons (Fsp3) is 0.750. The minimum atomic E-state index is 0.369. The van der Waals surface area contributed by atoms with Crippen molar-refractivity contribution in [2.75, 3.05) is 27.2 Å². The molecular weight excluding hydrogens is 380 g/mol. The Bertz CT molecular complexity index is 611. The Morgan fingerprint density at radius 1 is 0.968 bits per heavy atom. The summed E-state index contributed by atoms with van der Waals surface area (Å²) in [7, 11) is 4.21. The molecule has 1 saturated heterocycles. The van der Waals surface area contributed by atoms with Gasteiger partial charge in [-0.25, -0.2) is 0 Å². The van der Waals surface area contributed by atoms with Crippen LogP contribution in [0.25, 0.3) is 0 Å². The van der Waals surface area contributed by atoms with Crippen LogP contribution in [0, 0.1) is 5.92 Å². The second kappa shape index (κ2) is 15.5. The third-order valence-electron chi connectivity index (χ3n) is 6.32. The monoisotopic (exact) mass is 430 g/mol. The highest BCUT2D eigenvalue weighted by atomic mass is 16.2. The average molecular weight is 431 g/mol. The van der Waals surface area contributed by atoms with E-state index >= 15 is 0 Å². The SMILES string of the molecule is CC(C)=CCCC(C)=CCCC(C)=CCCC(C)CC(=O)N1CCCCC1CN(C)C. The van der Waals surface area contributed by atoms with Crippen molar-refractivity contribution >= 4 is 5.91 Å². The number of amides is 1. The zero-order valence-electron chi connectivity index (χ0n) is 21.7. The summed E-state index contributed by atoms with van der Waals surface area (Å²) in [4.78, 5) is 17.3. The number of nitrogens with zero attached hydrogens (tertiary/aromatic N) is 2. The normalized spacial score (nSPS) is 19.0. The van der Waals surface area contributed by atoms with Crippen LogP contribution in [-0.2, 0) is 4.79 Å². The van der Waals surface area contributed by atoms with Gasteiger partial charge in [-0.05, 0) is 105 Å². The molecule has 0 spiro atoms. The van der Waals surface area contributed by atoms with Crippen LogP contribution in [0.2, 0.25) is 0 Å². The summed E-state index contributed by atoms with van der Waals surface area (Å²) < 4.78 is 0. The molecule has 1 fully saturated rings. The fourth-order valence-corrected chi connectivity index (χ4v) is 4.41. The number of piperidine rings is 1. The van der Waals surface area contributed by atoms with E-state index in [1.54, 1.807) is 0 Å². The van der Waals surface area contributed by atoms with Gasteiger partial charge in [-0.3, -0.25) is 4.79 Å². The maximum absolute atomic E-state index is 12.9. The van der Waals surface area contributed by atoms with Gasteiger partial charge in [0.1, 0.15) is 0 Å². The van der Waals surface area contributed by atoms with E-state index in [4.69, 9.17) is 0 Å². The van der Waals surface area contributed by atoms with Crippen molar-refractivity contribution < 1.29 is 4.79 Å². The van der Waals surface area contributed by atoms with E-state index in [-0.39, 0.29) is 0 Å². The molecule has 1 amide bonds. The molecule has 0 aliphatic carbocycles. The molecular formula is C28H50N2O. The van der Waals surface area contributed by atoms with E-state index in [0.29, 0.717) is 24.3 Å². The number of hydrogen-bond donors (Lipinski definition) is 0. The molecule has 0 bridgehead atoms. The molecule has 0 aromatic rings. The molecule has 1 rings (SSSR count). The molecule has 3 nitrogen and oxygen atoms in total. The molecule has 1 heterocycles. The van der Waals surface area contributed by atoms with Gasteiger partial charge in [-0.15, -0.1) is 0 Å². The average Bonchev–Trinajstić information content (AvgIpc) is 2.67. The van der Waals surface area contributed by atoms with Crippen molar-refractivity contribution in [3.05, 3.63) is 34.9 Å². The minimum absolute atomic E-state index is 0.369. The first kappa shape index (κ1) is 27.7. The third kappa shape index (κ3) is 12.9. The van der Waals surface area contributed by atoms with Gasteiger partial charge in [0, 0.05) is 25.6 Å². The molecule has 3 heteroatoms. The van der Waals surface area contributed by atoms with Gasteiger partial charge < -0.3 is 9.80 Å². The lowest BCUT2D eigenvalue weighted by molar-refractivity contribution is -0.136. The van der Waals surface area contributed by atoms with E-state index in [0.717, 1.165) is 58.0 Å². The summed E-state index contributed by atoms with van der Waals surface area (Å²) in [5.74, 6) is 0.823. The topological polar surface area (TPSA) is 23.6 Å². The fourth-order valence-electron chi connectivity index (χ4n) is 4.41. The lowest BCUT2D eigenvalue weighted by Gasteiger charge is -2.37. The van der Waals surface area contributed by atoms with E-state index in [1.807, 2.05) is 0 Å². The number of likely N-dealkylation sites (N-methyl/N-ethyl adjacent to an activating group) is 1. The Kier molecular flexibility index (Phi) is 13.8. The number of allylic oxidation sites excluding steroid dienone is 6. The zero-order chi connectivity index (χ0) is 23.2. The van der Waals surface area contributed by atoms with Crippen LogP contribution in [0.1, 0.15) is 98.8 Å². The van der Waals surface area contributed by atoms with Crippen molar-refractivity contribution in [2.24, 2.45) is 5.92 Å². The summed E-state index contributed by atoms with van der Waals surface area (Å²) >= 11 is 0. The standard InChI is InChI=1S/C28H50N2O/c1-23(2)13-10-14-24(3)15-11-16-25(4)17-12-18-26(5)21-28(31)30-20-9-8-19-27(30)22-29(6)7/h13,15,17,26-27H,8-12,14,16,18-22H2,1-7H3. The van der Waals surface area contributed by atoms with Crippen molar-refractivity contribution in [1.82, 2.24) is 9.80 Å². The highest BCUT2D eigenvalue weighted by Gasteiger charge is 2.27. The molecule has 0 N–H and O–H groups in total. The van der Waals surface area contributed by atoms with Crippen LogP contribution >= 0.6 is 0 Å². The van der Waals surface area contributed by atoms with Crippen LogP contribution < -0.4 is 0 Å². The van der Waals surface area contributed by atoms with Crippen LogP contribution in [-0.4, -0.2) is 48.9 Å². The summed E-state index contributed by atoms with van der Waals surface area (Å²) in [6.45, 7) is 13.0. The smallest absolute Gasteiger partial charge is 0.223 e. The summed E-state index contributed by atoms with van der Waals surface area (Å²) in [5.41, 5.74) is 4.39. The second-order valence-corrected chi connectivity index (χ2v) is 10.3. The Balaban J connectivity index is 2.32. The molecule has 31 heavy (non-hydrogen) atoms. The first-order chi connectivity index (χ1) is 14.7. The van der Waals surface area contributed by atoms with Crippen LogP contribution in [0.15, 0.2) is 34.9 Å². The molecule has 0 aromatic heterocycles. The Morgan fingerprint density at radius 3 is 2.19 bits per heavy atom. The van der Waals surface area contributed by atoms with Gasteiger partial charge in [0.15, 0.2) is 0 Å². The second-order valence-electron chi connectivity index (χ2n) is 10.3. The number of hydrogen-bond acceptors (Lipinski definition) is 2. The van der Waals surface area contributed by atoms with Crippen LogP contribution in [0.5, 0.6) is 0 Å². The molecule has 178 valence electrons. The number of rotatable bonds is 13. The van der Waals surface area contributed by atoms with E-state index in [1.165, 1.54) is 29.6 Å². The first-order valence-corrected chi connectivity index (χ1v) is 12.6. The molecule has 0 saturated carbocycles. The molecule has 0 aromatic carbocycles. The largest absolute Gasteiger partial charge is 0.338 e. The van der Waals surface area contributed by atoms with Gasteiger partial charge in [0.25, 0.3) is 0 Å². The summed E-state index contributed by atoms with van der Waals surface area (Å²) in [6.07, 6.45) is 18.2. The summed E-state index contributed by atoms with van der Waals surface area (Å²) in [5, 5.41) is 0. The summed E-state index contributed by atoms with van der Waals surface area (Å²) in [6, 6.07) is 0.407. The zero-order valence-corrected chi connectivity index (χ0v) is 21.7. The van der Waals surface area contributed by atoms with Crippen LogP contribution in [0.4, 0.5) is 0 Å². The Morgan fingerprint density at radius 2 is 1.58 bits per heavy atom. The predicted octanol–water partition coefficient (Wildman–Crippen LogP) is 7.15. The first-order valence-electron chi connectivity index (χ1n) is 12.6. The molecule has 2 unspecified atom stereocenters. The molecule has 2 atom stereocenters. The molecule has 1 aliphatic heterocycles. The minimum Gasteiger partial charge on any atom is -0.338 e. The highest BCUT2D eigenvalue weighted by molar-refractivity contribution is 5.76. The van der Waals surface area contributed by atoms with Crippen molar-refractivity contribution in [2.45, 2.75) is 105 Å². The number of likely N-dealkylation sites (tertiary alicyclic amines) is 1. The van der Waals surface area contributed by atoms with Crippen molar-refractivity contribution in [3.8, 4) is 0 Å². The van der Waals surface area contributed by atoms with Gasteiger partial charge in [0.2, 0.25) is 5.91 Å². The molecule has 1 aliphatic rings. The Labute approximate surface area is 193 Å². The van der Waals surface area contributed by atoms with Gasteiger partial charge in [-0.1, -0.05) is 41.9 Å². The van der Waals surface area contributed by atoms with E-state index in [2.05, 4.69) is 76.7 Å². The maximum atomic E-state index is 12.9. The van der Waals surface area contributed by atoms with Gasteiger partial charge >= 0.3 is 0 Å². The maximum Gasteiger partial charge on any atom is 0.223 e. The van der Waals surface area contributed by atoms with Gasteiger partial charge in [0.05, 0.1) is 0 Å². The number of carbonyl (C=O) groups excluding carboxylic acids is 1. The van der Waals surface area contributed by atoms with Crippen molar-refractivity contribution in [1.29, 1.82) is 0 Å². The van der Waals surface area contributed by atoms with Gasteiger partial charge in [-0.2, -0.15) is 0 Å².